The lowest BCUT2D eigenvalue weighted by molar-refractivity contribution is -0.133. The van der Waals surface area contributed by atoms with Crippen molar-refractivity contribution in [3.8, 4) is 0 Å². The SMILES string of the molecule is CC(C)CCCC1CCN(C(=O)CC(C)C)CC1. The summed E-state index contributed by atoms with van der Waals surface area (Å²) >= 11 is 0. The average Bonchev–Trinajstić information content (AvgIpc) is 2.28. The molecule has 1 amide bonds. The number of likely N-dealkylation sites (tertiary alicyclic amines) is 1. The Morgan fingerprint density at radius 2 is 1.72 bits per heavy atom. The van der Waals surface area contributed by atoms with Crippen LogP contribution in [0, 0.1) is 17.8 Å². The van der Waals surface area contributed by atoms with Crippen LogP contribution in [0.25, 0.3) is 0 Å². The molecule has 0 aromatic heterocycles. The van der Waals surface area contributed by atoms with Crippen molar-refractivity contribution < 1.29 is 4.79 Å². The molecule has 0 radical (unpaired) electrons. The standard InChI is InChI=1S/C16H31NO/c1-13(2)6-5-7-15-8-10-17(11-9-15)16(18)12-14(3)4/h13-15H,5-12H2,1-4H3. The quantitative estimate of drug-likeness (QED) is 0.698. The molecule has 0 aromatic rings. The third-order valence-electron chi connectivity index (χ3n) is 3.94. The van der Waals surface area contributed by atoms with Gasteiger partial charge in [0, 0.05) is 19.5 Å². The molecule has 1 heterocycles. The molecule has 1 aliphatic heterocycles. The van der Waals surface area contributed by atoms with Crippen LogP contribution in [0.3, 0.4) is 0 Å². The van der Waals surface area contributed by atoms with Crippen LogP contribution in [0.15, 0.2) is 0 Å². The smallest absolute Gasteiger partial charge is 0.222 e. The topological polar surface area (TPSA) is 20.3 Å². The van der Waals surface area contributed by atoms with Crippen molar-refractivity contribution in [2.75, 3.05) is 13.1 Å². The van der Waals surface area contributed by atoms with Crippen molar-refractivity contribution in [3.63, 3.8) is 0 Å². The van der Waals surface area contributed by atoms with Crippen LogP contribution in [0.1, 0.15) is 66.2 Å². The van der Waals surface area contributed by atoms with Gasteiger partial charge in [0.1, 0.15) is 0 Å². The Labute approximate surface area is 113 Å². The van der Waals surface area contributed by atoms with E-state index >= 15 is 0 Å². The Balaban J connectivity index is 2.18. The van der Waals surface area contributed by atoms with Crippen LogP contribution in [-0.2, 0) is 4.79 Å². The third kappa shape index (κ3) is 5.88. The van der Waals surface area contributed by atoms with E-state index in [1.54, 1.807) is 0 Å². The predicted octanol–water partition coefficient (Wildman–Crippen LogP) is 4.10. The van der Waals surface area contributed by atoms with Crippen LogP contribution < -0.4 is 0 Å². The summed E-state index contributed by atoms with van der Waals surface area (Å²) in [6.45, 7) is 10.8. The zero-order valence-corrected chi connectivity index (χ0v) is 12.7. The summed E-state index contributed by atoms with van der Waals surface area (Å²) in [6, 6.07) is 0. The Morgan fingerprint density at radius 3 is 2.22 bits per heavy atom. The fourth-order valence-electron chi connectivity index (χ4n) is 2.76. The molecule has 1 fully saturated rings. The first-order valence-corrected chi connectivity index (χ1v) is 7.76. The second-order valence-corrected chi connectivity index (χ2v) is 6.75. The molecule has 106 valence electrons. The molecule has 18 heavy (non-hydrogen) atoms. The van der Waals surface area contributed by atoms with E-state index in [0.717, 1.165) is 31.3 Å². The molecule has 0 bridgehead atoms. The van der Waals surface area contributed by atoms with Crippen LogP contribution in [-0.4, -0.2) is 23.9 Å². The maximum atomic E-state index is 11.9. The molecule has 1 saturated heterocycles. The highest BCUT2D eigenvalue weighted by atomic mass is 16.2. The highest BCUT2D eigenvalue weighted by Crippen LogP contribution is 2.24. The third-order valence-corrected chi connectivity index (χ3v) is 3.94. The number of carbonyl (C=O) groups is 1. The van der Waals surface area contributed by atoms with Gasteiger partial charge in [0.25, 0.3) is 0 Å². The Hall–Kier alpha value is -0.530. The van der Waals surface area contributed by atoms with Crippen molar-refractivity contribution in [1.82, 2.24) is 4.90 Å². The van der Waals surface area contributed by atoms with Gasteiger partial charge in [0.2, 0.25) is 5.91 Å². The lowest BCUT2D eigenvalue weighted by Gasteiger charge is -2.32. The zero-order chi connectivity index (χ0) is 13.5. The number of piperidine rings is 1. The number of carbonyl (C=O) groups excluding carboxylic acids is 1. The van der Waals surface area contributed by atoms with E-state index < -0.39 is 0 Å². The molecule has 0 aliphatic carbocycles. The minimum Gasteiger partial charge on any atom is -0.343 e. The van der Waals surface area contributed by atoms with Gasteiger partial charge in [-0.05, 0) is 30.6 Å². The molecule has 2 nitrogen and oxygen atoms in total. The van der Waals surface area contributed by atoms with Gasteiger partial charge in [-0.3, -0.25) is 4.79 Å². The summed E-state index contributed by atoms with van der Waals surface area (Å²) in [7, 11) is 0. The molecular formula is C16H31NO. The summed E-state index contributed by atoms with van der Waals surface area (Å²) < 4.78 is 0. The molecule has 0 N–H and O–H groups in total. The highest BCUT2D eigenvalue weighted by molar-refractivity contribution is 5.76. The second-order valence-electron chi connectivity index (χ2n) is 6.75. The lowest BCUT2D eigenvalue weighted by Crippen LogP contribution is -2.38. The van der Waals surface area contributed by atoms with E-state index in [-0.39, 0.29) is 0 Å². The predicted molar refractivity (Wildman–Crippen MR) is 77.4 cm³/mol. The fraction of sp³-hybridized carbons (Fsp3) is 0.938. The van der Waals surface area contributed by atoms with Gasteiger partial charge in [-0.15, -0.1) is 0 Å². The molecule has 0 atom stereocenters. The minimum absolute atomic E-state index is 0.366. The van der Waals surface area contributed by atoms with Gasteiger partial charge in [-0.25, -0.2) is 0 Å². The summed E-state index contributed by atoms with van der Waals surface area (Å²) in [5.74, 6) is 2.55. The molecule has 0 unspecified atom stereocenters. The molecular weight excluding hydrogens is 222 g/mol. The molecule has 0 aromatic carbocycles. The van der Waals surface area contributed by atoms with Gasteiger partial charge >= 0.3 is 0 Å². The van der Waals surface area contributed by atoms with Crippen molar-refractivity contribution in [2.45, 2.75) is 66.2 Å². The molecule has 2 heteroatoms. The maximum absolute atomic E-state index is 11.9. The van der Waals surface area contributed by atoms with Crippen molar-refractivity contribution in [2.24, 2.45) is 17.8 Å². The Bertz CT molecular complexity index is 239. The zero-order valence-electron chi connectivity index (χ0n) is 12.7. The number of amides is 1. The van der Waals surface area contributed by atoms with Crippen LogP contribution in [0.2, 0.25) is 0 Å². The summed E-state index contributed by atoms with van der Waals surface area (Å²) in [4.78, 5) is 14.0. The Morgan fingerprint density at radius 1 is 1.11 bits per heavy atom. The molecule has 0 saturated carbocycles. The number of hydrogen-bond acceptors (Lipinski definition) is 1. The van der Waals surface area contributed by atoms with Gasteiger partial charge in [0.05, 0.1) is 0 Å². The maximum Gasteiger partial charge on any atom is 0.222 e. The van der Waals surface area contributed by atoms with Crippen molar-refractivity contribution in [1.29, 1.82) is 0 Å². The van der Waals surface area contributed by atoms with Gasteiger partial charge in [-0.2, -0.15) is 0 Å². The molecule has 1 rings (SSSR count). The number of nitrogens with zero attached hydrogens (tertiary/aromatic N) is 1. The van der Waals surface area contributed by atoms with Crippen LogP contribution >= 0.6 is 0 Å². The summed E-state index contributed by atoms with van der Waals surface area (Å²) in [5, 5.41) is 0. The first kappa shape index (κ1) is 15.5. The van der Waals surface area contributed by atoms with Gasteiger partial charge < -0.3 is 4.90 Å². The summed E-state index contributed by atoms with van der Waals surface area (Å²) in [5.41, 5.74) is 0. The number of hydrogen-bond donors (Lipinski definition) is 0. The van der Waals surface area contributed by atoms with Gasteiger partial charge in [-0.1, -0.05) is 47.0 Å². The van der Waals surface area contributed by atoms with E-state index in [1.807, 2.05) is 0 Å². The summed E-state index contributed by atoms with van der Waals surface area (Å²) in [6.07, 6.45) is 7.25. The monoisotopic (exact) mass is 253 g/mol. The van der Waals surface area contributed by atoms with Crippen LogP contribution in [0.4, 0.5) is 0 Å². The largest absolute Gasteiger partial charge is 0.343 e. The lowest BCUT2D eigenvalue weighted by atomic mass is 9.90. The van der Waals surface area contributed by atoms with Crippen molar-refractivity contribution in [3.05, 3.63) is 0 Å². The average molecular weight is 253 g/mol. The first-order chi connectivity index (χ1) is 8.49. The van der Waals surface area contributed by atoms with E-state index in [4.69, 9.17) is 0 Å². The Kier molecular flexibility index (Phi) is 6.73. The van der Waals surface area contributed by atoms with Gasteiger partial charge in [0.15, 0.2) is 0 Å². The van der Waals surface area contributed by atoms with E-state index in [0.29, 0.717) is 11.8 Å². The molecule has 0 spiro atoms. The molecule has 1 aliphatic rings. The number of rotatable bonds is 6. The fourth-order valence-corrected chi connectivity index (χ4v) is 2.76. The van der Waals surface area contributed by atoms with E-state index in [9.17, 15) is 4.79 Å². The van der Waals surface area contributed by atoms with E-state index in [2.05, 4.69) is 32.6 Å². The highest BCUT2D eigenvalue weighted by Gasteiger charge is 2.22. The normalized spacial score (nSPS) is 17.8. The van der Waals surface area contributed by atoms with E-state index in [1.165, 1.54) is 32.1 Å². The second kappa shape index (κ2) is 7.81. The minimum atomic E-state index is 0.366. The van der Waals surface area contributed by atoms with Crippen LogP contribution in [0.5, 0.6) is 0 Å². The van der Waals surface area contributed by atoms with Crippen molar-refractivity contribution >= 4 is 5.91 Å². The first-order valence-electron chi connectivity index (χ1n) is 7.76.